The van der Waals surface area contributed by atoms with Gasteiger partial charge in [0.15, 0.2) is 5.96 Å². The SMILES string of the molecule is COCCC1(CNC(=NCC(=O)N(C)C)NCCN2CCOCC2)CCC1.I. The minimum Gasteiger partial charge on any atom is -0.385 e. The van der Waals surface area contributed by atoms with E-state index in [1.165, 1.54) is 19.3 Å². The Morgan fingerprint density at radius 2 is 1.96 bits per heavy atom. The van der Waals surface area contributed by atoms with E-state index < -0.39 is 0 Å². The number of likely N-dealkylation sites (N-methyl/N-ethyl adjacent to an activating group) is 1. The van der Waals surface area contributed by atoms with Crippen LogP contribution in [0.1, 0.15) is 25.7 Å². The maximum Gasteiger partial charge on any atom is 0.243 e. The molecule has 1 heterocycles. The van der Waals surface area contributed by atoms with Crippen molar-refractivity contribution < 1.29 is 14.3 Å². The van der Waals surface area contributed by atoms with Crippen LogP contribution in [0.4, 0.5) is 0 Å². The lowest BCUT2D eigenvalue weighted by molar-refractivity contribution is -0.127. The molecule has 9 heteroatoms. The highest BCUT2D eigenvalue weighted by Gasteiger charge is 2.36. The van der Waals surface area contributed by atoms with Crippen molar-refractivity contribution in [1.29, 1.82) is 0 Å². The number of hydrogen-bond donors (Lipinski definition) is 2. The van der Waals surface area contributed by atoms with E-state index in [4.69, 9.17) is 9.47 Å². The first-order valence-electron chi connectivity index (χ1n) is 10.1. The first kappa shape index (κ1) is 25.4. The topological polar surface area (TPSA) is 78.4 Å². The van der Waals surface area contributed by atoms with Crippen LogP contribution in [0, 0.1) is 5.41 Å². The molecule has 1 aliphatic heterocycles. The van der Waals surface area contributed by atoms with E-state index in [1.54, 1.807) is 26.1 Å². The summed E-state index contributed by atoms with van der Waals surface area (Å²) in [6.45, 7) is 7.12. The Bertz CT molecular complexity index is 480. The summed E-state index contributed by atoms with van der Waals surface area (Å²) in [7, 11) is 5.27. The van der Waals surface area contributed by atoms with Crippen molar-refractivity contribution in [3.63, 3.8) is 0 Å². The predicted octanol–water partition coefficient (Wildman–Crippen LogP) is 0.767. The number of carbonyl (C=O) groups excluding carboxylic acids is 1. The van der Waals surface area contributed by atoms with Crippen LogP contribution in [-0.2, 0) is 14.3 Å². The molecule has 28 heavy (non-hydrogen) atoms. The van der Waals surface area contributed by atoms with Gasteiger partial charge >= 0.3 is 0 Å². The Hall–Kier alpha value is -0.650. The molecule has 164 valence electrons. The zero-order valence-electron chi connectivity index (χ0n) is 17.7. The van der Waals surface area contributed by atoms with E-state index in [0.717, 1.165) is 64.9 Å². The molecular formula is C19H38IN5O3. The Labute approximate surface area is 186 Å². The van der Waals surface area contributed by atoms with Crippen LogP contribution in [0.15, 0.2) is 4.99 Å². The molecule has 0 aromatic heterocycles. The average Bonchev–Trinajstić information content (AvgIpc) is 2.64. The molecule has 0 bridgehead atoms. The average molecular weight is 511 g/mol. The summed E-state index contributed by atoms with van der Waals surface area (Å²) in [6.07, 6.45) is 4.79. The first-order chi connectivity index (χ1) is 13.0. The molecule has 0 aromatic carbocycles. The van der Waals surface area contributed by atoms with Crippen molar-refractivity contribution in [2.45, 2.75) is 25.7 Å². The number of carbonyl (C=O) groups is 1. The molecule has 0 aromatic rings. The van der Waals surface area contributed by atoms with Crippen LogP contribution in [0.5, 0.6) is 0 Å². The Kier molecular flexibility index (Phi) is 12.3. The zero-order valence-corrected chi connectivity index (χ0v) is 20.0. The minimum absolute atomic E-state index is 0. The Morgan fingerprint density at radius 3 is 2.54 bits per heavy atom. The van der Waals surface area contributed by atoms with Gasteiger partial charge in [-0.2, -0.15) is 0 Å². The standard InChI is InChI=1S/C19H37N5O3.HI/c1-23(2)17(25)15-21-18(20-8-9-24-10-13-27-14-11-24)22-16-19(5-4-6-19)7-12-26-3;/h4-16H2,1-3H3,(H2,20,21,22);1H. The number of rotatable bonds is 10. The highest BCUT2D eigenvalue weighted by atomic mass is 127. The van der Waals surface area contributed by atoms with E-state index in [9.17, 15) is 4.79 Å². The second-order valence-corrected chi connectivity index (χ2v) is 7.78. The third-order valence-electron chi connectivity index (χ3n) is 5.58. The lowest BCUT2D eigenvalue weighted by Crippen LogP contribution is -2.49. The number of ether oxygens (including phenoxy) is 2. The second-order valence-electron chi connectivity index (χ2n) is 7.78. The van der Waals surface area contributed by atoms with Crippen LogP contribution in [0.3, 0.4) is 0 Å². The third kappa shape index (κ3) is 8.79. The van der Waals surface area contributed by atoms with Crippen molar-refractivity contribution in [2.24, 2.45) is 10.4 Å². The summed E-state index contributed by atoms with van der Waals surface area (Å²) < 4.78 is 10.7. The fraction of sp³-hybridized carbons (Fsp3) is 0.895. The molecule has 0 atom stereocenters. The molecule has 1 aliphatic carbocycles. The molecule has 8 nitrogen and oxygen atoms in total. The van der Waals surface area contributed by atoms with Crippen LogP contribution in [0.2, 0.25) is 0 Å². The van der Waals surface area contributed by atoms with Crippen molar-refractivity contribution in [2.75, 3.05) is 80.3 Å². The number of morpholine rings is 1. The Balaban J connectivity index is 0.00000392. The summed E-state index contributed by atoms with van der Waals surface area (Å²) >= 11 is 0. The van der Waals surface area contributed by atoms with Crippen LogP contribution in [0.25, 0.3) is 0 Å². The maximum absolute atomic E-state index is 11.9. The van der Waals surface area contributed by atoms with E-state index in [0.29, 0.717) is 5.41 Å². The number of halogens is 1. The molecule has 1 saturated heterocycles. The van der Waals surface area contributed by atoms with Gasteiger partial charge in [-0.1, -0.05) is 6.42 Å². The van der Waals surface area contributed by atoms with E-state index >= 15 is 0 Å². The van der Waals surface area contributed by atoms with Gasteiger partial charge < -0.3 is 25.0 Å². The number of amides is 1. The lowest BCUT2D eigenvalue weighted by Gasteiger charge is -2.42. The molecule has 0 unspecified atom stereocenters. The minimum atomic E-state index is 0. The summed E-state index contributed by atoms with van der Waals surface area (Å²) in [6, 6.07) is 0. The summed E-state index contributed by atoms with van der Waals surface area (Å²) in [5, 5.41) is 6.87. The molecule has 2 rings (SSSR count). The molecule has 0 spiro atoms. The van der Waals surface area contributed by atoms with Gasteiger partial charge in [-0.25, -0.2) is 4.99 Å². The molecule has 2 fully saturated rings. The number of methoxy groups -OCH3 is 1. The number of nitrogens with one attached hydrogen (secondary N) is 2. The quantitative estimate of drug-likeness (QED) is 0.256. The predicted molar refractivity (Wildman–Crippen MR) is 122 cm³/mol. The van der Waals surface area contributed by atoms with Crippen LogP contribution >= 0.6 is 24.0 Å². The van der Waals surface area contributed by atoms with Gasteiger partial charge in [0.2, 0.25) is 5.91 Å². The smallest absolute Gasteiger partial charge is 0.243 e. The monoisotopic (exact) mass is 511 g/mol. The van der Waals surface area contributed by atoms with E-state index in [-0.39, 0.29) is 36.4 Å². The summed E-state index contributed by atoms with van der Waals surface area (Å²) in [4.78, 5) is 20.4. The van der Waals surface area contributed by atoms with E-state index in [1.807, 2.05) is 0 Å². The fourth-order valence-corrected chi connectivity index (χ4v) is 3.40. The largest absolute Gasteiger partial charge is 0.385 e. The second kappa shape index (κ2) is 13.6. The summed E-state index contributed by atoms with van der Waals surface area (Å²) in [5.74, 6) is 0.726. The van der Waals surface area contributed by atoms with Gasteiger partial charge in [0.1, 0.15) is 6.54 Å². The number of hydrogen-bond acceptors (Lipinski definition) is 5. The van der Waals surface area contributed by atoms with Gasteiger partial charge in [-0.05, 0) is 24.7 Å². The van der Waals surface area contributed by atoms with Gasteiger partial charge in [-0.3, -0.25) is 9.69 Å². The zero-order chi connectivity index (χ0) is 19.5. The molecule has 2 aliphatic rings. The van der Waals surface area contributed by atoms with Crippen molar-refractivity contribution >= 4 is 35.8 Å². The van der Waals surface area contributed by atoms with Crippen LogP contribution in [-0.4, -0.2) is 102 Å². The molecule has 1 amide bonds. The van der Waals surface area contributed by atoms with Crippen molar-refractivity contribution in [3.8, 4) is 0 Å². The molecule has 1 saturated carbocycles. The van der Waals surface area contributed by atoms with Crippen molar-refractivity contribution in [3.05, 3.63) is 0 Å². The molecule has 0 radical (unpaired) electrons. The Morgan fingerprint density at radius 1 is 1.25 bits per heavy atom. The lowest BCUT2D eigenvalue weighted by atomic mass is 9.67. The van der Waals surface area contributed by atoms with Gasteiger partial charge in [0.05, 0.1) is 13.2 Å². The van der Waals surface area contributed by atoms with Gasteiger partial charge in [0.25, 0.3) is 0 Å². The van der Waals surface area contributed by atoms with Crippen LogP contribution < -0.4 is 10.6 Å². The molecular weight excluding hydrogens is 473 g/mol. The number of guanidine groups is 1. The third-order valence-corrected chi connectivity index (χ3v) is 5.58. The highest BCUT2D eigenvalue weighted by molar-refractivity contribution is 14.0. The maximum atomic E-state index is 11.9. The number of nitrogens with zero attached hydrogens (tertiary/aromatic N) is 3. The number of aliphatic imine (C=N–C) groups is 1. The van der Waals surface area contributed by atoms with Gasteiger partial charge in [-0.15, -0.1) is 24.0 Å². The molecule has 2 N–H and O–H groups in total. The first-order valence-corrected chi connectivity index (χ1v) is 10.1. The van der Waals surface area contributed by atoms with Crippen molar-refractivity contribution in [1.82, 2.24) is 20.4 Å². The normalized spacial score (nSPS) is 19.3. The van der Waals surface area contributed by atoms with Gasteiger partial charge in [0, 0.05) is 60.5 Å². The van der Waals surface area contributed by atoms with E-state index in [2.05, 4.69) is 20.5 Å². The highest BCUT2D eigenvalue weighted by Crippen LogP contribution is 2.43. The fourth-order valence-electron chi connectivity index (χ4n) is 3.40. The summed E-state index contributed by atoms with van der Waals surface area (Å²) in [5.41, 5.74) is 0.300.